The summed E-state index contributed by atoms with van der Waals surface area (Å²) in [6.45, 7) is 3.60. The minimum absolute atomic E-state index is 0.00588. The van der Waals surface area contributed by atoms with Crippen molar-refractivity contribution in [2.24, 2.45) is 0 Å². The molecule has 4 nitrogen and oxygen atoms in total. The van der Waals surface area contributed by atoms with Crippen molar-refractivity contribution in [3.63, 3.8) is 0 Å². The molecule has 14 heavy (non-hydrogen) atoms. The molecule has 0 aliphatic rings. The van der Waals surface area contributed by atoms with Gasteiger partial charge in [-0.25, -0.2) is 0 Å². The van der Waals surface area contributed by atoms with E-state index in [2.05, 4.69) is 5.32 Å². The molecule has 1 heterocycles. The van der Waals surface area contributed by atoms with Crippen molar-refractivity contribution in [1.29, 1.82) is 0 Å². The first-order chi connectivity index (χ1) is 6.70. The molecule has 0 spiro atoms. The quantitative estimate of drug-likeness (QED) is 0.642. The summed E-state index contributed by atoms with van der Waals surface area (Å²) < 4.78 is 1.63. The van der Waals surface area contributed by atoms with Crippen LogP contribution in [0.4, 0.5) is 0 Å². The first-order valence-corrected chi connectivity index (χ1v) is 4.74. The number of aliphatic hydroxyl groups is 1. The number of hydrogen-bond acceptors (Lipinski definition) is 3. The van der Waals surface area contributed by atoms with Gasteiger partial charge in [0.15, 0.2) is 0 Å². The van der Waals surface area contributed by atoms with Gasteiger partial charge in [-0.05, 0) is 13.0 Å². The molecule has 0 bridgehead atoms. The lowest BCUT2D eigenvalue weighted by atomic mass is 10.4. The monoisotopic (exact) mass is 196 g/mol. The number of aromatic nitrogens is 1. The standard InChI is InChI=1S/C10H16N2O2/c1-9(13)8-11-5-7-12-6-3-2-4-10(12)14/h2-4,6,9,11,13H,5,7-8H2,1H3. The van der Waals surface area contributed by atoms with Crippen LogP contribution in [0.3, 0.4) is 0 Å². The predicted molar refractivity (Wildman–Crippen MR) is 55.3 cm³/mol. The molecule has 1 aromatic rings. The molecule has 1 aromatic heterocycles. The first-order valence-electron chi connectivity index (χ1n) is 4.74. The second kappa shape index (κ2) is 5.57. The average Bonchev–Trinajstić information content (AvgIpc) is 2.15. The van der Waals surface area contributed by atoms with Gasteiger partial charge in [0.2, 0.25) is 0 Å². The van der Waals surface area contributed by atoms with Crippen LogP contribution in [0.15, 0.2) is 29.2 Å². The Morgan fingerprint density at radius 1 is 1.57 bits per heavy atom. The summed E-state index contributed by atoms with van der Waals surface area (Å²) in [6, 6.07) is 5.09. The Hall–Kier alpha value is -1.13. The Labute approximate surface area is 83.2 Å². The van der Waals surface area contributed by atoms with Gasteiger partial charge in [0.1, 0.15) is 0 Å². The molecule has 0 aliphatic heterocycles. The largest absolute Gasteiger partial charge is 0.392 e. The zero-order valence-corrected chi connectivity index (χ0v) is 8.31. The summed E-state index contributed by atoms with van der Waals surface area (Å²) in [4.78, 5) is 11.2. The van der Waals surface area contributed by atoms with E-state index in [0.717, 1.165) is 0 Å². The molecule has 4 heteroatoms. The van der Waals surface area contributed by atoms with E-state index in [9.17, 15) is 4.79 Å². The molecule has 1 unspecified atom stereocenters. The first kappa shape index (κ1) is 10.9. The van der Waals surface area contributed by atoms with Crippen LogP contribution < -0.4 is 10.9 Å². The molecular formula is C10H16N2O2. The lowest BCUT2D eigenvalue weighted by Crippen LogP contribution is -2.30. The Morgan fingerprint density at radius 2 is 2.36 bits per heavy atom. The zero-order chi connectivity index (χ0) is 10.4. The fourth-order valence-electron chi connectivity index (χ4n) is 1.16. The van der Waals surface area contributed by atoms with Crippen LogP contribution in [0.25, 0.3) is 0 Å². The lowest BCUT2D eigenvalue weighted by Gasteiger charge is -2.08. The molecule has 1 rings (SSSR count). The molecule has 0 aromatic carbocycles. The molecule has 0 fully saturated rings. The van der Waals surface area contributed by atoms with E-state index in [0.29, 0.717) is 19.6 Å². The van der Waals surface area contributed by atoms with Gasteiger partial charge >= 0.3 is 0 Å². The summed E-state index contributed by atoms with van der Waals surface area (Å²) >= 11 is 0. The van der Waals surface area contributed by atoms with Crippen LogP contribution in [0, 0.1) is 0 Å². The van der Waals surface area contributed by atoms with E-state index >= 15 is 0 Å². The molecule has 2 N–H and O–H groups in total. The second-order valence-electron chi connectivity index (χ2n) is 3.29. The smallest absolute Gasteiger partial charge is 0.250 e. The Morgan fingerprint density at radius 3 is 3.00 bits per heavy atom. The van der Waals surface area contributed by atoms with Crippen molar-refractivity contribution >= 4 is 0 Å². The molecular weight excluding hydrogens is 180 g/mol. The topological polar surface area (TPSA) is 54.3 Å². The average molecular weight is 196 g/mol. The van der Waals surface area contributed by atoms with Crippen molar-refractivity contribution in [3.8, 4) is 0 Å². The zero-order valence-electron chi connectivity index (χ0n) is 8.31. The second-order valence-corrected chi connectivity index (χ2v) is 3.29. The van der Waals surface area contributed by atoms with Gasteiger partial charge < -0.3 is 15.0 Å². The molecule has 0 saturated heterocycles. The van der Waals surface area contributed by atoms with E-state index < -0.39 is 0 Å². The summed E-state index contributed by atoms with van der Waals surface area (Å²) in [6.07, 6.45) is 1.41. The minimum atomic E-state index is -0.345. The van der Waals surface area contributed by atoms with Gasteiger partial charge in [0.25, 0.3) is 5.56 Å². The van der Waals surface area contributed by atoms with E-state index in [4.69, 9.17) is 5.11 Å². The maximum absolute atomic E-state index is 11.2. The van der Waals surface area contributed by atoms with Gasteiger partial charge in [-0.1, -0.05) is 6.07 Å². The summed E-state index contributed by atoms with van der Waals surface area (Å²) in [5.74, 6) is 0. The number of nitrogens with one attached hydrogen (secondary N) is 1. The Bertz CT molecular complexity index is 320. The van der Waals surface area contributed by atoms with Gasteiger partial charge in [-0.2, -0.15) is 0 Å². The highest BCUT2D eigenvalue weighted by Gasteiger charge is 1.95. The van der Waals surface area contributed by atoms with Crippen LogP contribution in [-0.4, -0.2) is 28.9 Å². The highest BCUT2D eigenvalue weighted by atomic mass is 16.3. The van der Waals surface area contributed by atoms with E-state index in [-0.39, 0.29) is 11.7 Å². The molecule has 0 amide bonds. The number of hydrogen-bond donors (Lipinski definition) is 2. The predicted octanol–water partition coefficient (Wildman–Crippen LogP) is -0.181. The minimum Gasteiger partial charge on any atom is -0.392 e. The number of rotatable bonds is 5. The SMILES string of the molecule is CC(O)CNCCn1ccccc1=O. The molecule has 0 saturated carbocycles. The van der Waals surface area contributed by atoms with E-state index in [1.165, 1.54) is 6.07 Å². The van der Waals surface area contributed by atoms with Crippen molar-refractivity contribution in [1.82, 2.24) is 9.88 Å². The third-order valence-corrected chi connectivity index (χ3v) is 1.87. The van der Waals surface area contributed by atoms with Crippen molar-refractivity contribution in [2.75, 3.05) is 13.1 Å². The van der Waals surface area contributed by atoms with Gasteiger partial charge in [0, 0.05) is 31.9 Å². The van der Waals surface area contributed by atoms with Crippen molar-refractivity contribution < 1.29 is 5.11 Å². The lowest BCUT2D eigenvalue weighted by molar-refractivity contribution is 0.191. The third kappa shape index (κ3) is 3.72. The van der Waals surface area contributed by atoms with Gasteiger partial charge in [-0.3, -0.25) is 4.79 Å². The maximum Gasteiger partial charge on any atom is 0.250 e. The van der Waals surface area contributed by atoms with E-state index in [1.807, 2.05) is 6.07 Å². The highest BCUT2D eigenvalue weighted by molar-refractivity contribution is 4.93. The number of aliphatic hydroxyl groups excluding tert-OH is 1. The summed E-state index contributed by atoms with van der Waals surface area (Å²) in [5, 5.41) is 12.0. The van der Waals surface area contributed by atoms with E-state index in [1.54, 1.807) is 23.8 Å². The fraction of sp³-hybridized carbons (Fsp3) is 0.500. The van der Waals surface area contributed by atoms with Crippen molar-refractivity contribution in [3.05, 3.63) is 34.7 Å². The number of pyridine rings is 1. The van der Waals surface area contributed by atoms with Gasteiger partial charge in [0.05, 0.1) is 6.10 Å². The molecule has 0 aliphatic carbocycles. The van der Waals surface area contributed by atoms with Gasteiger partial charge in [-0.15, -0.1) is 0 Å². The molecule has 1 atom stereocenters. The van der Waals surface area contributed by atoms with Crippen LogP contribution in [-0.2, 0) is 6.54 Å². The number of nitrogens with zero attached hydrogens (tertiary/aromatic N) is 1. The highest BCUT2D eigenvalue weighted by Crippen LogP contribution is 1.81. The van der Waals surface area contributed by atoms with Crippen molar-refractivity contribution in [2.45, 2.75) is 19.6 Å². The van der Waals surface area contributed by atoms with Crippen LogP contribution in [0.5, 0.6) is 0 Å². The molecule has 78 valence electrons. The Kier molecular flexibility index (Phi) is 4.35. The van der Waals surface area contributed by atoms with Crippen LogP contribution in [0.1, 0.15) is 6.92 Å². The molecule has 0 radical (unpaired) electrons. The summed E-state index contributed by atoms with van der Waals surface area (Å²) in [5.41, 5.74) is 0.00588. The third-order valence-electron chi connectivity index (χ3n) is 1.87. The Balaban J connectivity index is 2.32. The van der Waals surface area contributed by atoms with Crippen LogP contribution in [0.2, 0.25) is 0 Å². The summed E-state index contributed by atoms with van der Waals surface area (Å²) in [7, 11) is 0. The van der Waals surface area contributed by atoms with Crippen LogP contribution >= 0.6 is 0 Å². The fourth-order valence-corrected chi connectivity index (χ4v) is 1.16. The normalized spacial score (nSPS) is 12.7. The maximum atomic E-state index is 11.2.